The largest absolute Gasteiger partial charge is 0.352 e. The van der Waals surface area contributed by atoms with Crippen LogP contribution in [0.15, 0.2) is 18.2 Å². The Kier molecular flexibility index (Phi) is 6.96. The number of nitrogens with one attached hydrogen (secondary N) is 2. The van der Waals surface area contributed by atoms with Gasteiger partial charge in [-0.25, -0.2) is 4.39 Å². The number of carbonyl (C=O) groups excluding carboxylic acids is 1. The highest BCUT2D eigenvalue weighted by Gasteiger charge is 2.15. The van der Waals surface area contributed by atoms with Crippen molar-refractivity contribution >= 4 is 18.3 Å². The first-order chi connectivity index (χ1) is 9.15. The fourth-order valence-electron chi connectivity index (χ4n) is 2.40. The Balaban J connectivity index is 0.00000200. The molecule has 0 spiro atoms. The number of amides is 1. The third-order valence-corrected chi connectivity index (χ3v) is 3.65. The highest BCUT2D eigenvalue weighted by Crippen LogP contribution is 2.14. The van der Waals surface area contributed by atoms with Crippen LogP contribution >= 0.6 is 12.4 Å². The Morgan fingerprint density at radius 2 is 2.30 bits per heavy atom. The highest BCUT2D eigenvalue weighted by atomic mass is 35.5. The minimum atomic E-state index is -0.205. The van der Waals surface area contributed by atoms with E-state index in [2.05, 4.69) is 10.6 Å². The second-order valence-electron chi connectivity index (χ2n) is 5.26. The van der Waals surface area contributed by atoms with Crippen molar-refractivity contribution in [3.05, 3.63) is 35.1 Å². The molecular weight excluding hydrogens is 279 g/mol. The molecular formula is C15H22ClFN2O. The van der Waals surface area contributed by atoms with Crippen molar-refractivity contribution in [1.29, 1.82) is 0 Å². The molecule has 2 N–H and O–H groups in total. The lowest BCUT2D eigenvalue weighted by atomic mass is 10.0. The first kappa shape index (κ1) is 16.9. The first-order valence-corrected chi connectivity index (χ1v) is 6.87. The molecule has 20 heavy (non-hydrogen) atoms. The van der Waals surface area contributed by atoms with Crippen molar-refractivity contribution in [2.24, 2.45) is 5.92 Å². The molecule has 3 nitrogen and oxygen atoms in total. The summed E-state index contributed by atoms with van der Waals surface area (Å²) in [6.45, 7) is 4.31. The molecule has 1 amide bonds. The summed E-state index contributed by atoms with van der Waals surface area (Å²) in [5, 5.41) is 6.19. The Bertz CT molecular complexity index is 447. The molecule has 5 heteroatoms. The maximum Gasteiger partial charge on any atom is 0.220 e. The maximum absolute atomic E-state index is 13.1. The number of hydrogen-bond donors (Lipinski definition) is 2. The van der Waals surface area contributed by atoms with Crippen LogP contribution in [0, 0.1) is 18.7 Å². The molecule has 112 valence electrons. The van der Waals surface area contributed by atoms with Crippen LogP contribution in [0.1, 0.15) is 30.4 Å². The lowest BCUT2D eigenvalue weighted by Crippen LogP contribution is -2.23. The molecule has 0 aromatic heterocycles. The van der Waals surface area contributed by atoms with Crippen molar-refractivity contribution in [2.45, 2.75) is 32.7 Å². The van der Waals surface area contributed by atoms with E-state index in [0.717, 1.165) is 25.1 Å². The van der Waals surface area contributed by atoms with Gasteiger partial charge in [-0.3, -0.25) is 4.79 Å². The Morgan fingerprint density at radius 3 is 2.95 bits per heavy atom. The summed E-state index contributed by atoms with van der Waals surface area (Å²) in [6, 6.07) is 4.93. The second-order valence-corrected chi connectivity index (χ2v) is 5.26. The summed E-state index contributed by atoms with van der Waals surface area (Å²) in [6.07, 6.45) is 2.69. The van der Waals surface area contributed by atoms with Gasteiger partial charge in [-0.1, -0.05) is 12.1 Å². The quantitative estimate of drug-likeness (QED) is 0.877. The van der Waals surface area contributed by atoms with Gasteiger partial charge in [0, 0.05) is 13.0 Å². The molecule has 1 fully saturated rings. The van der Waals surface area contributed by atoms with Gasteiger partial charge in [-0.2, -0.15) is 0 Å². The summed E-state index contributed by atoms with van der Waals surface area (Å²) in [4.78, 5) is 11.7. The molecule has 1 aromatic rings. The van der Waals surface area contributed by atoms with E-state index in [0.29, 0.717) is 24.4 Å². The zero-order valence-electron chi connectivity index (χ0n) is 11.7. The van der Waals surface area contributed by atoms with E-state index in [1.54, 1.807) is 19.1 Å². The predicted molar refractivity (Wildman–Crippen MR) is 80.4 cm³/mol. The Hall–Kier alpha value is -1.13. The lowest BCUT2D eigenvalue weighted by Gasteiger charge is -2.09. The fraction of sp³-hybridized carbons (Fsp3) is 0.533. The van der Waals surface area contributed by atoms with E-state index in [4.69, 9.17) is 0 Å². The van der Waals surface area contributed by atoms with Gasteiger partial charge in [0.2, 0.25) is 5.91 Å². The van der Waals surface area contributed by atoms with E-state index >= 15 is 0 Å². The molecule has 0 bridgehead atoms. The van der Waals surface area contributed by atoms with Gasteiger partial charge in [0.05, 0.1) is 0 Å². The van der Waals surface area contributed by atoms with Gasteiger partial charge in [0.1, 0.15) is 5.82 Å². The van der Waals surface area contributed by atoms with Crippen molar-refractivity contribution in [1.82, 2.24) is 10.6 Å². The van der Waals surface area contributed by atoms with Crippen molar-refractivity contribution in [3.8, 4) is 0 Å². The molecule has 0 radical (unpaired) electrons. The topological polar surface area (TPSA) is 41.1 Å². The zero-order valence-corrected chi connectivity index (χ0v) is 12.6. The number of carbonyl (C=O) groups is 1. The maximum atomic E-state index is 13.1. The SMILES string of the molecule is Cc1cc(CNC(=O)CCC2CCNC2)ccc1F.Cl. The van der Waals surface area contributed by atoms with Crippen molar-refractivity contribution < 1.29 is 9.18 Å². The van der Waals surface area contributed by atoms with E-state index in [1.807, 2.05) is 0 Å². The number of rotatable bonds is 5. The lowest BCUT2D eigenvalue weighted by molar-refractivity contribution is -0.121. The fourth-order valence-corrected chi connectivity index (χ4v) is 2.40. The number of benzene rings is 1. The van der Waals surface area contributed by atoms with Crippen LogP contribution in [0.5, 0.6) is 0 Å². The third-order valence-electron chi connectivity index (χ3n) is 3.65. The normalized spacial score (nSPS) is 17.6. The second kappa shape index (κ2) is 8.22. The van der Waals surface area contributed by atoms with Crippen LogP contribution < -0.4 is 10.6 Å². The number of halogens is 2. The number of hydrogen-bond acceptors (Lipinski definition) is 2. The predicted octanol–water partition coefficient (Wildman–Crippen LogP) is 2.56. The van der Waals surface area contributed by atoms with Crippen molar-refractivity contribution in [3.63, 3.8) is 0 Å². The summed E-state index contributed by atoms with van der Waals surface area (Å²) < 4.78 is 13.1. The molecule has 1 aliphatic heterocycles. The molecule has 1 atom stereocenters. The molecule has 1 heterocycles. The minimum absolute atomic E-state index is 0. The third kappa shape index (κ3) is 5.10. The molecule has 1 unspecified atom stereocenters. The van der Waals surface area contributed by atoms with Crippen LogP contribution in [0.2, 0.25) is 0 Å². The Labute approximate surface area is 125 Å². The van der Waals surface area contributed by atoms with Gasteiger partial charge in [0.15, 0.2) is 0 Å². The van der Waals surface area contributed by atoms with Crippen molar-refractivity contribution in [2.75, 3.05) is 13.1 Å². The average Bonchev–Trinajstić information content (AvgIpc) is 2.91. The van der Waals surface area contributed by atoms with E-state index < -0.39 is 0 Å². The number of aryl methyl sites for hydroxylation is 1. The minimum Gasteiger partial charge on any atom is -0.352 e. The van der Waals surface area contributed by atoms with Gasteiger partial charge in [0.25, 0.3) is 0 Å². The van der Waals surface area contributed by atoms with Gasteiger partial charge in [-0.05, 0) is 56.0 Å². The van der Waals surface area contributed by atoms with Crippen LogP contribution in [0.3, 0.4) is 0 Å². The molecule has 1 saturated heterocycles. The summed E-state index contributed by atoms with van der Waals surface area (Å²) in [7, 11) is 0. The summed E-state index contributed by atoms with van der Waals surface area (Å²) in [5.41, 5.74) is 1.55. The highest BCUT2D eigenvalue weighted by molar-refractivity contribution is 5.85. The van der Waals surface area contributed by atoms with Gasteiger partial charge in [-0.15, -0.1) is 12.4 Å². The zero-order chi connectivity index (χ0) is 13.7. The van der Waals surface area contributed by atoms with E-state index in [1.165, 1.54) is 12.5 Å². The standard InChI is InChI=1S/C15H21FN2O.ClH/c1-11-8-13(2-4-14(11)16)10-18-15(19)5-3-12-6-7-17-9-12;/h2,4,8,12,17H,3,5-7,9-10H2,1H3,(H,18,19);1H. The molecule has 2 rings (SSSR count). The van der Waals surface area contributed by atoms with Crippen LogP contribution in [0.25, 0.3) is 0 Å². The smallest absolute Gasteiger partial charge is 0.220 e. The first-order valence-electron chi connectivity index (χ1n) is 6.87. The van der Waals surface area contributed by atoms with E-state index in [-0.39, 0.29) is 24.1 Å². The Morgan fingerprint density at radius 1 is 1.50 bits per heavy atom. The molecule has 1 aromatic carbocycles. The van der Waals surface area contributed by atoms with Crippen LogP contribution in [-0.4, -0.2) is 19.0 Å². The van der Waals surface area contributed by atoms with Crippen LogP contribution in [-0.2, 0) is 11.3 Å². The monoisotopic (exact) mass is 300 g/mol. The molecule has 1 aliphatic rings. The average molecular weight is 301 g/mol. The summed E-state index contributed by atoms with van der Waals surface area (Å²) >= 11 is 0. The van der Waals surface area contributed by atoms with Crippen LogP contribution in [0.4, 0.5) is 4.39 Å². The summed E-state index contributed by atoms with van der Waals surface area (Å²) in [5.74, 6) is 0.511. The molecule has 0 aliphatic carbocycles. The van der Waals surface area contributed by atoms with E-state index in [9.17, 15) is 9.18 Å². The molecule has 0 saturated carbocycles. The van der Waals surface area contributed by atoms with Gasteiger partial charge < -0.3 is 10.6 Å². The van der Waals surface area contributed by atoms with Gasteiger partial charge >= 0.3 is 0 Å².